The number of para-hydroxylation sites is 1. The Labute approximate surface area is 233 Å². The second kappa shape index (κ2) is 10.8. The van der Waals surface area contributed by atoms with E-state index in [0.717, 1.165) is 25.7 Å². The highest BCUT2D eigenvalue weighted by atomic mass is 19.4. The molecule has 2 unspecified atom stereocenters. The highest BCUT2D eigenvalue weighted by Gasteiger charge is 2.47. The summed E-state index contributed by atoms with van der Waals surface area (Å²) in [6.45, 7) is 0.141. The van der Waals surface area contributed by atoms with Crippen molar-refractivity contribution in [3.8, 4) is 17.0 Å². The monoisotopic (exact) mass is 570 g/mol. The SMILES string of the molecule is O=C(O)c1ccc(NC(=O)C2C3CCC2CC(OCc2c(-c4ccccc4OC(F)(F)F)noc2C2CC2)C3)cc1. The summed E-state index contributed by atoms with van der Waals surface area (Å²) in [7, 11) is 0. The lowest BCUT2D eigenvalue weighted by molar-refractivity contribution is -0.274. The van der Waals surface area contributed by atoms with Gasteiger partial charge in [0.2, 0.25) is 5.91 Å². The molecule has 216 valence electrons. The van der Waals surface area contributed by atoms with Crippen LogP contribution in [0.5, 0.6) is 5.75 Å². The quantitative estimate of drug-likeness (QED) is 0.292. The van der Waals surface area contributed by atoms with Crippen molar-refractivity contribution < 1.29 is 41.9 Å². The van der Waals surface area contributed by atoms with Crippen LogP contribution < -0.4 is 10.1 Å². The number of aromatic nitrogens is 1. The number of aromatic carboxylic acids is 1. The van der Waals surface area contributed by atoms with E-state index in [0.29, 0.717) is 29.9 Å². The minimum Gasteiger partial charge on any atom is -0.478 e. The van der Waals surface area contributed by atoms with Gasteiger partial charge in [0, 0.05) is 28.7 Å². The van der Waals surface area contributed by atoms with Crippen LogP contribution in [0.2, 0.25) is 0 Å². The number of hydrogen-bond donors (Lipinski definition) is 2. The molecule has 1 heterocycles. The molecule has 3 saturated carbocycles. The summed E-state index contributed by atoms with van der Waals surface area (Å²) in [6.07, 6.45) is 0.102. The number of alkyl halides is 3. The zero-order valence-electron chi connectivity index (χ0n) is 22.0. The largest absolute Gasteiger partial charge is 0.573 e. The van der Waals surface area contributed by atoms with Crippen LogP contribution in [0.4, 0.5) is 18.9 Å². The lowest BCUT2D eigenvalue weighted by Gasteiger charge is -2.34. The number of hydrogen-bond acceptors (Lipinski definition) is 6. The maximum Gasteiger partial charge on any atom is 0.573 e. The van der Waals surface area contributed by atoms with Crippen LogP contribution in [0.25, 0.3) is 11.3 Å². The molecule has 11 heteroatoms. The van der Waals surface area contributed by atoms with Crippen molar-refractivity contribution in [2.24, 2.45) is 17.8 Å². The standard InChI is InChI=1S/C30H29F3N2O6/c31-30(32,33)40-24-4-2-1-3-22(24)26-23(27(41-35-26)16-5-6-16)15-39-21-13-18-7-8-19(14-21)25(18)28(36)34-20-11-9-17(10-12-20)29(37)38/h1-4,9-12,16,18-19,21,25H,5-8,13-15H2,(H,34,36)(H,37,38). The minimum absolute atomic E-state index is 0.0716. The number of fused-ring (bicyclic) bond motifs is 2. The number of carboxylic acids is 1. The molecule has 0 aliphatic heterocycles. The van der Waals surface area contributed by atoms with Gasteiger partial charge < -0.3 is 24.4 Å². The number of carbonyl (C=O) groups is 2. The van der Waals surface area contributed by atoms with E-state index in [1.807, 2.05) is 0 Å². The Kier molecular flexibility index (Phi) is 7.23. The number of amides is 1. The number of anilines is 1. The van der Waals surface area contributed by atoms with Gasteiger partial charge in [-0.2, -0.15) is 0 Å². The molecule has 3 aromatic rings. The van der Waals surface area contributed by atoms with Crippen LogP contribution in [-0.4, -0.2) is 34.6 Å². The predicted molar refractivity (Wildman–Crippen MR) is 140 cm³/mol. The van der Waals surface area contributed by atoms with Gasteiger partial charge in [-0.3, -0.25) is 4.79 Å². The maximum absolute atomic E-state index is 13.2. The first-order valence-electron chi connectivity index (χ1n) is 13.8. The van der Waals surface area contributed by atoms with Crippen molar-refractivity contribution in [2.45, 2.75) is 63.5 Å². The fourth-order valence-electron chi connectivity index (χ4n) is 6.38. The second-order valence-corrected chi connectivity index (χ2v) is 11.1. The first kappa shape index (κ1) is 27.3. The Morgan fingerprint density at radius 2 is 1.68 bits per heavy atom. The van der Waals surface area contributed by atoms with Crippen molar-refractivity contribution >= 4 is 17.6 Å². The molecule has 8 nitrogen and oxygen atoms in total. The van der Waals surface area contributed by atoms with E-state index in [1.54, 1.807) is 18.2 Å². The number of halogens is 3. The molecule has 2 atom stereocenters. The Hall–Kier alpha value is -3.86. The molecule has 41 heavy (non-hydrogen) atoms. The molecular weight excluding hydrogens is 541 g/mol. The first-order valence-corrected chi connectivity index (χ1v) is 13.8. The molecule has 6 rings (SSSR count). The summed E-state index contributed by atoms with van der Waals surface area (Å²) in [5, 5.41) is 16.2. The lowest BCUT2D eigenvalue weighted by Crippen LogP contribution is -2.38. The Balaban J connectivity index is 1.14. The molecule has 2 N–H and O–H groups in total. The maximum atomic E-state index is 13.2. The number of nitrogens with one attached hydrogen (secondary N) is 1. The van der Waals surface area contributed by atoms with Crippen molar-refractivity contribution in [3.63, 3.8) is 0 Å². The molecule has 2 bridgehead atoms. The second-order valence-electron chi connectivity index (χ2n) is 11.1. The van der Waals surface area contributed by atoms with Gasteiger partial charge in [-0.1, -0.05) is 17.3 Å². The zero-order chi connectivity index (χ0) is 28.7. The molecule has 0 spiro atoms. The Morgan fingerprint density at radius 1 is 1.00 bits per heavy atom. The normalized spacial score (nSPS) is 23.8. The van der Waals surface area contributed by atoms with Gasteiger partial charge >= 0.3 is 12.3 Å². The average Bonchev–Trinajstić information content (AvgIpc) is 3.63. The lowest BCUT2D eigenvalue weighted by atomic mass is 9.76. The third-order valence-electron chi connectivity index (χ3n) is 8.36. The number of nitrogens with zero attached hydrogens (tertiary/aromatic N) is 1. The Bertz CT molecular complexity index is 1420. The number of benzene rings is 2. The van der Waals surface area contributed by atoms with Gasteiger partial charge in [-0.15, -0.1) is 13.2 Å². The van der Waals surface area contributed by atoms with Gasteiger partial charge in [-0.25, -0.2) is 4.79 Å². The highest BCUT2D eigenvalue weighted by molar-refractivity contribution is 5.94. The molecule has 3 fully saturated rings. The highest BCUT2D eigenvalue weighted by Crippen LogP contribution is 2.49. The van der Waals surface area contributed by atoms with Gasteiger partial charge in [0.05, 0.1) is 18.3 Å². The predicted octanol–water partition coefficient (Wildman–Crippen LogP) is 6.78. The van der Waals surface area contributed by atoms with Crippen molar-refractivity contribution in [2.75, 3.05) is 5.32 Å². The van der Waals surface area contributed by atoms with Gasteiger partial charge in [0.1, 0.15) is 17.2 Å². The molecule has 0 radical (unpaired) electrons. The van der Waals surface area contributed by atoms with Gasteiger partial charge in [0.25, 0.3) is 0 Å². The summed E-state index contributed by atoms with van der Waals surface area (Å²) in [5.41, 5.74) is 1.83. The molecule has 0 saturated heterocycles. The number of ether oxygens (including phenoxy) is 2. The molecule has 1 aromatic heterocycles. The van der Waals surface area contributed by atoms with Crippen LogP contribution in [-0.2, 0) is 16.1 Å². The molecule has 3 aliphatic rings. The topological polar surface area (TPSA) is 111 Å². The van der Waals surface area contributed by atoms with E-state index in [9.17, 15) is 22.8 Å². The Morgan fingerprint density at radius 3 is 2.32 bits per heavy atom. The smallest absolute Gasteiger partial charge is 0.478 e. The molecule has 1 amide bonds. The third-order valence-corrected chi connectivity index (χ3v) is 8.36. The summed E-state index contributed by atoms with van der Waals surface area (Å²) >= 11 is 0. The fourth-order valence-corrected chi connectivity index (χ4v) is 6.38. The summed E-state index contributed by atoms with van der Waals surface area (Å²) in [5.74, 6) is -0.506. The summed E-state index contributed by atoms with van der Waals surface area (Å²) < 4.78 is 55.5. The van der Waals surface area contributed by atoms with Crippen molar-refractivity contribution in [3.05, 3.63) is 65.4 Å². The fraction of sp³-hybridized carbons (Fsp3) is 0.433. The van der Waals surface area contributed by atoms with Crippen LogP contribution in [0, 0.1) is 17.8 Å². The number of carboxylic acid groups (broad SMARTS) is 1. The number of carbonyl (C=O) groups excluding carboxylic acids is 1. The van der Waals surface area contributed by atoms with Crippen LogP contribution >= 0.6 is 0 Å². The van der Waals surface area contributed by atoms with Crippen molar-refractivity contribution in [1.82, 2.24) is 5.16 Å². The van der Waals surface area contributed by atoms with E-state index in [-0.39, 0.29) is 64.9 Å². The third kappa shape index (κ3) is 5.95. The average molecular weight is 571 g/mol. The molecular formula is C30H29F3N2O6. The van der Waals surface area contributed by atoms with Crippen LogP contribution in [0.3, 0.4) is 0 Å². The van der Waals surface area contributed by atoms with Crippen molar-refractivity contribution in [1.29, 1.82) is 0 Å². The van der Waals surface area contributed by atoms with E-state index >= 15 is 0 Å². The molecule has 3 aliphatic carbocycles. The zero-order valence-corrected chi connectivity index (χ0v) is 22.0. The molecule has 2 aromatic carbocycles. The van der Waals surface area contributed by atoms with E-state index in [2.05, 4.69) is 15.2 Å². The van der Waals surface area contributed by atoms with Crippen LogP contribution in [0.1, 0.15) is 66.1 Å². The first-order chi connectivity index (χ1) is 19.7. The summed E-state index contributed by atoms with van der Waals surface area (Å²) in [6, 6.07) is 12.0. The van der Waals surface area contributed by atoms with E-state index in [1.165, 1.54) is 30.3 Å². The van der Waals surface area contributed by atoms with E-state index in [4.69, 9.17) is 14.4 Å². The van der Waals surface area contributed by atoms with Crippen LogP contribution in [0.15, 0.2) is 53.1 Å². The minimum atomic E-state index is -4.85. The van der Waals surface area contributed by atoms with E-state index < -0.39 is 12.3 Å². The van der Waals surface area contributed by atoms with Gasteiger partial charge in [-0.05, 0) is 86.8 Å². The number of rotatable bonds is 9. The van der Waals surface area contributed by atoms with Gasteiger partial charge in [0.15, 0.2) is 0 Å². The summed E-state index contributed by atoms with van der Waals surface area (Å²) in [4.78, 5) is 24.3.